The van der Waals surface area contributed by atoms with Crippen molar-refractivity contribution < 1.29 is 19.6 Å². The van der Waals surface area contributed by atoms with Gasteiger partial charge in [0.05, 0.1) is 16.6 Å². The van der Waals surface area contributed by atoms with Crippen molar-refractivity contribution in [2.45, 2.75) is 13.8 Å². The van der Waals surface area contributed by atoms with Gasteiger partial charge in [-0.2, -0.15) is 0 Å². The van der Waals surface area contributed by atoms with Crippen LogP contribution in [0.1, 0.15) is 24.2 Å². The van der Waals surface area contributed by atoms with E-state index in [1.54, 1.807) is 0 Å². The summed E-state index contributed by atoms with van der Waals surface area (Å²) in [5.74, 6) is -1.45. The molecule has 7 nitrogen and oxygen atoms in total. The van der Waals surface area contributed by atoms with Gasteiger partial charge < -0.3 is 10.4 Å². The first-order chi connectivity index (χ1) is 7.82. The van der Waals surface area contributed by atoms with E-state index in [4.69, 9.17) is 0 Å². The molecule has 17 heavy (non-hydrogen) atoms. The number of ketones is 1. The molecule has 0 spiro atoms. The van der Waals surface area contributed by atoms with Gasteiger partial charge in [-0.3, -0.25) is 19.7 Å². The molecule has 0 unspecified atom stereocenters. The lowest BCUT2D eigenvalue weighted by Gasteiger charge is -2.07. The Hall–Kier alpha value is -2.44. The van der Waals surface area contributed by atoms with E-state index in [1.807, 2.05) is 0 Å². The highest BCUT2D eigenvalue weighted by Gasteiger charge is 2.20. The van der Waals surface area contributed by atoms with Gasteiger partial charge in [0.15, 0.2) is 5.78 Å². The van der Waals surface area contributed by atoms with E-state index in [0.717, 1.165) is 12.1 Å². The summed E-state index contributed by atoms with van der Waals surface area (Å²) in [5, 5.41) is 22.4. The number of aromatic hydroxyl groups is 1. The van der Waals surface area contributed by atoms with Crippen LogP contribution in [-0.2, 0) is 4.79 Å². The van der Waals surface area contributed by atoms with Crippen molar-refractivity contribution in [2.24, 2.45) is 0 Å². The number of hydrogen-bond donors (Lipinski definition) is 2. The maximum absolute atomic E-state index is 11.1. The molecule has 1 aromatic rings. The molecule has 1 aromatic carbocycles. The second-order valence-corrected chi connectivity index (χ2v) is 3.38. The fraction of sp³-hybridized carbons (Fsp3) is 0.200. The number of phenols is 1. The number of nitro groups is 1. The van der Waals surface area contributed by atoms with Crippen LogP contribution in [0, 0.1) is 10.1 Å². The molecular formula is C10H10N2O5. The number of anilines is 1. The average Bonchev–Trinajstić information content (AvgIpc) is 2.18. The van der Waals surface area contributed by atoms with E-state index in [2.05, 4.69) is 5.32 Å². The monoisotopic (exact) mass is 238 g/mol. The van der Waals surface area contributed by atoms with Crippen LogP contribution >= 0.6 is 0 Å². The molecule has 0 saturated heterocycles. The van der Waals surface area contributed by atoms with Crippen molar-refractivity contribution in [3.8, 4) is 5.75 Å². The Balaban J connectivity index is 3.41. The number of benzene rings is 1. The summed E-state index contributed by atoms with van der Waals surface area (Å²) in [6.45, 7) is 2.39. The Morgan fingerprint density at radius 2 is 1.94 bits per heavy atom. The molecule has 0 aromatic heterocycles. The summed E-state index contributed by atoms with van der Waals surface area (Å²) in [6.07, 6.45) is 0. The Bertz CT molecular complexity index is 510. The Labute approximate surface area is 96.2 Å². The van der Waals surface area contributed by atoms with Crippen molar-refractivity contribution in [3.05, 3.63) is 27.8 Å². The van der Waals surface area contributed by atoms with E-state index < -0.39 is 28.1 Å². The van der Waals surface area contributed by atoms with Crippen LogP contribution in [0.15, 0.2) is 12.1 Å². The molecule has 0 aliphatic heterocycles. The average molecular weight is 238 g/mol. The zero-order valence-corrected chi connectivity index (χ0v) is 9.18. The van der Waals surface area contributed by atoms with Gasteiger partial charge in [0, 0.05) is 6.92 Å². The van der Waals surface area contributed by atoms with Crippen molar-refractivity contribution in [3.63, 3.8) is 0 Å². The molecule has 0 atom stereocenters. The summed E-state index contributed by atoms with van der Waals surface area (Å²) < 4.78 is 0. The minimum atomic E-state index is -0.755. The Kier molecular flexibility index (Phi) is 3.42. The smallest absolute Gasteiger partial charge is 0.296 e. The fourth-order valence-corrected chi connectivity index (χ4v) is 1.30. The van der Waals surface area contributed by atoms with Crippen molar-refractivity contribution in [1.82, 2.24) is 0 Å². The van der Waals surface area contributed by atoms with Crippen LogP contribution < -0.4 is 5.32 Å². The van der Waals surface area contributed by atoms with Gasteiger partial charge in [-0.25, -0.2) is 0 Å². The van der Waals surface area contributed by atoms with Crippen LogP contribution in [0.3, 0.4) is 0 Å². The molecule has 0 radical (unpaired) electrons. The topological polar surface area (TPSA) is 110 Å². The number of nitrogens with one attached hydrogen (secondary N) is 1. The number of hydrogen-bond acceptors (Lipinski definition) is 5. The Morgan fingerprint density at radius 3 is 2.35 bits per heavy atom. The first-order valence-corrected chi connectivity index (χ1v) is 4.63. The first-order valence-electron chi connectivity index (χ1n) is 4.63. The molecule has 0 aliphatic rings. The second kappa shape index (κ2) is 4.60. The molecular weight excluding hydrogens is 228 g/mol. The number of carbonyl (C=O) groups is 2. The SMILES string of the molecule is CC(=O)Nc1cc(C(C)=O)c(O)cc1[N+](=O)[O-]. The molecule has 0 heterocycles. The van der Waals surface area contributed by atoms with E-state index in [-0.39, 0.29) is 11.3 Å². The number of carbonyl (C=O) groups excluding carboxylic acids is 2. The van der Waals surface area contributed by atoms with Gasteiger partial charge in [0.25, 0.3) is 5.69 Å². The highest BCUT2D eigenvalue weighted by molar-refractivity contribution is 6.00. The standard InChI is InChI=1S/C10H10N2O5/c1-5(13)7-3-8(11-6(2)14)9(12(16)17)4-10(7)15/h3-4,15H,1-2H3,(H,11,14). The number of rotatable bonds is 3. The van der Waals surface area contributed by atoms with Crippen molar-refractivity contribution >= 4 is 23.1 Å². The lowest BCUT2D eigenvalue weighted by molar-refractivity contribution is -0.384. The highest BCUT2D eigenvalue weighted by Crippen LogP contribution is 2.32. The van der Waals surface area contributed by atoms with Crippen molar-refractivity contribution in [1.29, 1.82) is 0 Å². The van der Waals surface area contributed by atoms with Gasteiger partial charge in [0.1, 0.15) is 11.4 Å². The minimum Gasteiger partial charge on any atom is -0.507 e. The third kappa shape index (κ3) is 2.77. The maximum atomic E-state index is 11.1. The number of nitrogens with zero attached hydrogens (tertiary/aromatic N) is 1. The maximum Gasteiger partial charge on any atom is 0.296 e. The lowest BCUT2D eigenvalue weighted by atomic mass is 10.1. The van der Waals surface area contributed by atoms with Gasteiger partial charge in [-0.15, -0.1) is 0 Å². The molecule has 0 bridgehead atoms. The lowest BCUT2D eigenvalue weighted by Crippen LogP contribution is -2.09. The molecule has 90 valence electrons. The first kappa shape index (κ1) is 12.6. The zero-order valence-electron chi connectivity index (χ0n) is 9.18. The number of Topliss-reactive ketones (excluding diaryl/α,β-unsaturated/α-hetero) is 1. The fourth-order valence-electron chi connectivity index (χ4n) is 1.30. The molecule has 0 aliphatic carbocycles. The predicted octanol–water partition coefficient (Wildman–Crippen LogP) is 1.46. The summed E-state index contributed by atoms with van der Waals surface area (Å²) >= 11 is 0. The molecule has 0 saturated carbocycles. The van der Waals surface area contributed by atoms with Gasteiger partial charge in [0.2, 0.25) is 5.91 Å². The summed E-state index contributed by atoms with van der Waals surface area (Å²) in [5.41, 5.74) is -0.674. The predicted molar refractivity (Wildman–Crippen MR) is 59.1 cm³/mol. The molecule has 2 N–H and O–H groups in total. The van der Waals surface area contributed by atoms with Gasteiger partial charge >= 0.3 is 0 Å². The van der Waals surface area contributed by atoms with E-state index >= 15 is 0 Å². The zero-order chi connectivity index (χ0) is 13.2. The number of phenolic OH excluding ortho intramolecular Hbond substituents is 1. The molecule has 7 heteroatoms. The largest absolute Gasteiger partial charge is 0.507 e. The third-order valence-corrected chi connectivity index (χ3v) is 2.00. The van der Waals surface area contributed by atoms with Crippen LogP contribution in [-0.4, -0.2) is 21.7 Å². The normalized spacial score (nSPS) is 9.76. The second-order valence-electron chi connectivity index (χ2n) is 3.38. The summed E-state index contributed by atoms with van der Waals surface area (Å²) in [6, 6.07) is 1.92. The summed E-state index contributed by atoms with van der Waals surface area (Å²) in [4.78, 5) is 32.0. The van der Waals surface area contributed by atoms with Gasteiger partial charge in [-0.1, -0.05) is 0 Å². The van der Waals surface area contributed by atoms with Crippen LogP contribution in [0.2, 0.25) is 0 Å². The van der Waals surface area contributed by atoms with Crippen molar-refractivity contribution in [2.75, 3.05) is 5.32 Å². The highest BCUT2D eigenvalue weighted by atomic mass is 16.6. The van der Waals surface area contributed by atoms with Crippen LogP contribution in [0.25, 0.3) is 0 Å². The Morgan fingerprint density at radius 1 is 1.35 bits per heavy atom. The third-order valence-electron chi connectivity index (χ3n) is 2.00. The van der Waals surface area contributed by atoms with E-state index in [1.165, 1.54) is 13.8 Å². The molecule has 0 fully saturated rings. The molecule has 1 rings (SSSR count). The number of nitro benzene ring substituents is 1. The number of amides is 1. The van der Waals surface area contributed by atoms with E-state index in [0.29, 0.717) is 0 Å². The minimum absolute atomic E-state index is 0.0839. The molecule has 1 amide bonds. The van der Waals surface area contributed by atoms with E-state index in [9.17, 15) is 24.8 Å². The quantitative estimate of drug-likeness (QED) is 0.358. The van der Waals surface area contributed by atoms with Crippen LogP contribution in [0.4, 0.5) is 11.4 Å². The summed E-state index contributed by atoms with van der Waals surface area (Å²) in [7, 11) is 0. The van der Waals surface area contributed by atoms with Gasteiger partial charge in [-0.05, 0) is 13.0 Å². The van der Waals surface area contributed by atoms with Crippen LogP contribution in [0.5, 0.6) is 5.75 Å².